The van der Waals surface area contributed by atoms with E-state index in [0.29, 0.717) is 26.5 Å². The van der Waals surface area contributed by atoms with Gasteiger partial charge in [-0.1, -0.05) is 35.9 Å². The van der Waals surface area contributed by atoms with Crippen molar-refractivity contribution < 1.29 is 9.53 Å². The van der Waals surface area contributed by atoms with Crippen molar-refractivity contribution in [2.24, 2.45) is 4.99 Å². The van der Waals surface area contributed by atoms with Gasteiger partial charge in [0.25, 0.3) is 5.91 Å². The molecule has 0 radical (unpaired) electrons. The number of methoxy groups -OCH3 is 1. The van der Waals surface area contributed by atoms with Crippen LogP contribution in [-0.2, 0) is 4.79 Å². The van der Waals surface area contributed by atoms with Crippen molar-refractivity contribution in [3.8, 4) is 5.75 Å². The van der Waals surface area contributed by atoms with Gasteiger partial charge in [0.05, 0.1) is 17.7 Å². The number of amides is 1. The Bertz CT molecular complexity index is 862. The van der Waals surface area contributed by atoms with Gasteiger partial charge >= 0.3 is 0 Å². The lowest BCUT2D eigenvalue weighted by atomic mass is 10.2. The minimum absolute atomic E-state index is 0.178. The van der Waals surface area contributed by atoms with Gasteiger partial charge in [-0.3, -0.25) is 4.79 Å². The Kier molecular flexibility index (Phi) is 4.92. The van der Waals surface area contributed by atoms with Gasteiger partial charge in [-0.05, 0) is 48.5 Å². The summed E-state index contributed by atoms with van der Waals surface area (Å²) in [6.45, 7) is 1.93. The molecular weight excluding hydrogens is 344 g/mol. The molecule has 0 aliphatic carbocycles. The maximum absolute atomic E-state index is 12.2. The molecule has 3 rings (SSSR count). The number of nitrogens with one attached hydrogen (secondary N) is 1. The fourth-order valence-electron chi connectivity index (χ4n) is 2.18. The average Bonchev–Trinajstić information content (AvgIpc) is 2.91. The monoisotopic (exact) mass is 358 g/mol. The van der Waals surface area contributed by atoms with Gasteiger partial charge in [0.1, 0.15) is 5.75 Å². The summed E-state index contributed by atoms with van der Waals surface area (Å²) >= 11 is 7.40. The first kappa shape index (κ1) is 16.6. The van der Waals surface area contributed by atoms with Crippen LogP contribution in [0.2, 0.25) is 5.02 Å². The molecule has 2 aromatic carbocycles. The second kappa shape index (κ2) is 7.11. The van der Waals surface area contributed by atoms with E-state index >= 15 is 0 Å². The van der Waals surface area contributed by atoms with Crippen molar-refractivity contribution in [2.45, 2.75) is 6.92 Å². The smallest absolute Gasteiger partial charge is 0.264 e. The van der Waals surface area contributed by atoms with E-state index in [1.54, 1.807) is 19.3 Å². The first-order chi connectivity index (χ1) is 11.6. The third-order valence-corrected chi connectivity index (χ3v) is 4.78. The molecule has 1 amide bonds. The number of hydrogen-bond donors (Lipinski definition) is 1. The molecule has 4 nitrogen and oxygen atoms in total. The lowest BCUT2D eigenvalue weighted by Crippen LogP contribution is -2.19. The van der Waals surface area contributed by atoms with Crippen LogP contribution in [0.1, 0.15) is 11.1 Å². The SMILES string of the molecule is COc1ccccc1/C=C1\SC(=Nc2ccc(C)c(Cl)c2)NC1=O. The summed E-state index contributed by atoms with van der Waals surface area (Å²) in [6.07, 6.45) is 1.80. The second-order valence-corrected chi connectivity index (χ2v) is 6.60. The Hall–Kier alpha value is -2.24. The molecular formula is C18H15ClN2O2S. The molecule has 6 heteroatoms. The predicted octanol–water partition coefficient (Wildman–Crippen LogP) is 4.55. The summed E-state index contributed by atoms with van der Waals surface area (Å²) in [7, 11) is 1.60. The maximum Gasteiger partial charge on any atom is 0.264 e. The highest BCUT2D eigenvalue weighted by atomic mass is 35.5. The van der Waals surface area contributed by atoms with Gasteiger partial charge in [-0.25, -0.2) is 4.99 Å². The van der Waals surface area contributed by atoms with Crippen LogP contribution >= 0.6 is 23.4 Å². The molecule has 122 valence electrons. The summed E-state index contributed by atoms with van der Waals surface area (Å²) in [4.78, 5) is 17.2. The Balaban J connectivity index is 1.86. The van der Waals surface area contributed by atoms with Gasteiger partial charge in [0.15, 0.2) is 5.17 Å². The number of para-hydroxylation sites is 1. The van der Waals surface area contributed by atoms with E-state index in [1.807, 2.05) is 43.3 Å². The Labute approximate surface area is 149 Å². The van der Waals surface area contributed by atoms with E-state index in [9.17, 15) is 4.79 Å². The van der Waals surface area contributed by atoms with E-state index in [1.165, 1.54) is 11.8 Å². The summed E-state index contributed by atoms with van der Waals surface area (Å²) in [6, 6.07) is 13.1. The summed E-state index contributed by atoms with van der Waals surface area (Å²) in [5.41, 5.74) is 2.53. The number of ether oxygens (including phenoxy) is 1. The molecule has 0 saturated carbocycles. The maximum atomic E-state index is 12.2. The normalized spacial score (nSPS) is 17.4. The molecule has 1 fully saturated rings. The molecule has 1 N–H and O–H groups in total. The van der Waals surface area contributed by atoms with Crippen LogP contribution in [0.25, 0.3) is 6.08 Å². The number of rotatable bonds is 3. The molecule has 1 aliphatic rings. The van der Waals surface area contributed by atoms with E-state index < -0.39 is 0 Å². The highest BCUT2D eigenvalue weighted by Crippen LogP contribution is 2.31. The molecule has 24 heavy (non-hydrogen) atoms. The molecule has 0 bridgehead atoms. The number of thioether (sulfide) groups is 1. The molecule has 2 aromatic rings. The van der Waals surface area contributed by atoms with Crippen LogP contribution in [-0.4, -0.2) is 18.2 Å². The number of carbonyl (C=O) groups is 1. The number of hydrogen-bond acceptors (Lipinski definition) is 4. The summed E-state index contributed by atoms with van der Waals surface area (Å²) in [5, 5.41) is 3.94. The lowest BCUT2D eigenvalue weighted by Gasteiger charge is -2.03. The van der Waals surface area contributed by atoms with E-state index in [2.05, 4.69) is 10.3 Å². The Morgan fingerprint density at radius 3 is 2.79 bits per heavy atom. The number of aryl methyl sites for hydroxylation is 1. The first-order valence-electron chi connectivity index (χ1n) is 7.25. The fraction of sp³-hybridized carbons (Fsp3) is 0.111. The van der Waals surface area contributed by atoms with Crippen LogP contribution in [0.15, 0.2) is 52.4 Å². The molecule has 0 unspecified atom stereocenters. The van der Waals surface area contributed by atoms with Crippen molar-refractivity contribution in [3.63, 3.8) is 0 Å². The number of halogens is 1. The average molecular weight is 359 g/mol. The zero-order valence-electron chi connectivity index (χ0n) is 13.2. The zero-order chi connectivity index (χ0) is 17.1. The van der Waals surface area contributed by atoms with Crippen molar-refractivity contribution in [1.29, 1.82) is 0 Å². The van der Waals surface area contributed by atoms with Crippen LogP contribution in [0.4, 0.5) is 5.69 Å². The fourth-order valence-corrected chi connectivity index (χ4v) is 3.18. The lowest BCUT2D eigenvalue weighted by molar-refractivity contribution is -0.115. The molecule has 0 spiro atoms. The summed E-state index contributed by atoms with van der Waals surface area (Å²) < 4.78 is 5.31. The van der Waals surface area contributed by atoms with Gasteiger partial charge in [-0.2, -0.15) is 0 Å². The largest absolute Gasteiger partial charge is 0.496 e. The standard InChI is InChI=1S/C18H15ClN2O2S/c1-11-7-8-13(10-14(11)19)20-18-21-17(22)16(24-18)9-12-5-3-4-6-15(12)23-2/h3-10H,1-2H3,(H,20,21,22)/b16-9-. The third kappa shape index (κ3) is 3.63. The third-order valence-electron chi connectivity index (χ3n) is 3.46. The molecule has 1 saturated heterocycles. The number of aliphatic imine (C=N–C) groups is 1. The van der Waals surface area contributed by atoms with Crippen LogP contribution in [0.3, 0.4) is 0 Å². The van der Waals surface area contributed by atoms with Crippen molar-refractivity contribution >= 4 is 46.2 Å². The van der Waals surface area contributed by atoms with Crippen LogP contribution in [0.5, 0.6) is 5.75 Å². The minimum atomic E-state index is -0.178. The van der Waals surface area contributed by atoms with E-state index in [-0.39, 0.29) is 5.91 Å². The minimum Gasteiger partial charge on any atom is -0.496 e. The van der Waals surface area contributed by atoms with E-state index in [0.717, 1.165) is 11.1 Å². The van der Waals surface area contributed by atoms with Gasteiger partial charge in [0.2, 0.25) is 0 Å². The van der Waals surface area contributed by atoms with Gasteiger partial charge < -0.3 is 10.1 Å². The molecule has 1 aliphatic heterocycles. The van der Waals surface area contributed by atoms with Gasteiger partial charge in [-0.15, -0.1) is 0 Å². The first-order valence-corrected chi connectivity index (χ1v) is 8.45. The van der Waals surface area contributed by atoms with E-state index in [4.69, 9.17) is 16.3 Å². The predicted molar refractivity (Wildman–Crippen MR) is 100.0 cm³/mol. The van der Waals surface area contributed by atoms with Gasteiger partial charge in [0, 0.05) is 10.6 Å². The number of carbonyl (C=O) groups excluding carboxylic acids is 1. The van der Waals surface area contributed by atoms with Crippen molar-refractivity contribution in [1.82, 2.24) is 5.32 Å². The Morgan fingerprint density at radius 1 is 1.25 bits per heavy atom. The molecule has 0 atom stereocenters. The highest BCUT2D eigenvalue weighted by Gasteiger charge is 2.24. The topological polar surface area (TPSA) is 50.7 Å². The van der Waals surface area contributed by atoms with Crippen LogP contribution in [0, 0.1) is 6.92 Å². The zero-order valence-corrected chi connectivity index (χ0v) is 14.7. The quantitative estimate of drug-likeness (QED) is 0.819. The van der Waals surface area contributed by atoms with Crippen LogP contribution < -0.4 is 10.1 Å². The molecule has 1 heterocycles. The Morgan fingerprint density at radius 2 is 2.04 bits per heavy atom. The highest BCUT2D eigenvalue weighted by molar-refractivity contribution is 8.18. The second-order valence-electron chi connectivity index (χ2n) is 5.16. The number of nitrogens with zero attached hydrogens (tertiary/aromatic N) is 1. The number of amidine groups is 1. The molecule has 0 aromatic heterocycles. The summed E-state index contributed by atoms with van der Waals surface area (Å²) in [5.74, 6) is 0.539. The number of benzene rings is 2. The van der Waals surface area contributed by atoms with Crippen molar-refractivity contribution in [2.75, 3.05) is 7.11 Å². The van der Waals surface area contributed by atoms with Crippen molar-refractivity contribution in [3.05, 3.63) is 63.5 Å².